The first-order chi connectivity index (χ1) is 8.72. The highest BCUT2D eigenvalue weighted by molar-refractivity contribution is 9.10. The quantitative estimate of drug-likeness (QED) is 0.684. The van der Waals surface area contributed by atoms with E-state index < -0.39 is 0 Å². The van der Waals surface area contributed by atoms with Gasteiger partial charge in [0.2, 0.25) is 0 Å². The van der Waals surface area contributed by atoms with Gasteiger partial charge in [-0.05, 0) is 36.4 Å². The predicted octanol–water partition coefficient (Wildman–Crippen LogP) is 4.45. The summed E-state index contributed by atoms with van der Waals surface area (Å²) >= 11 is 7.02. The molecular formula is C14H8Br2O2. The van der Waals surface area contributed by atoms with Gasteiger partial charge in [0.25, 0.3) is 6.29 Å². The van der Waals surface area contributed by atoms with Crippen LogP contribution in [0, 0.1) is 0 Å². The first-order valence-electron chi connectivity index (χ1n) is 5.64. The van der Waals surface area contributed by atoms with Gasteiger partial charge in [-0.25, -0.2) is 0 Å². The maximum atomic E-state index is 5.85. The summed E-state index contributed by atoms with van der Waals surface area (Å²) in [7, 11) is 0. The van der Waals surface area contributed by atoms with Crippen molar-refractivity contribution in [2.75, 3.05) is 0 Å². The van der Waals surface area contributed by atoms with Crippen molar-refractivity contribution in [3.63, 3.8) is 0 Å². The largest absolute Gasteiger partial charge is 0.454 e. The van der Waals surface area contributed by atoms with Gasteiger partial charge in [0.1, 0.15) is 11.5 Å². The van der Waals surface area contributed by atoms with Gasteiger partial charge in [-0.1, -0.05) is 31.9 Å². The minimum Gasteiger partial charge on any atom is -0.454 e. The molecule has 0 atom stereocenters. The van der Waals surface area contributed by atoms with E-state index >= 15 is 0 Å². The molecule has 2 heterocycles. The molecule has 0 amide bonds. The fourth-order valence-electron chi connectivity index (χ4n) is 2.61. The average molecular weight is 368 g/mol. The lowest BCUT2D eigenvalue weighted by Gasteiger charge is -2.08. The van der Waals surface area contributed by atoms with Crippen LogP contribution in [-0.2, 0) is 0 Å². The van der Waals surface area contributed by atoms with Crippen LogP contribution in [0.5, 0.6) is 11.5 Å². The molecule has 0 aliphatic carbocycles. The van der Waals surface area contributed by atoms with E-state index in [2.05, 4.69) is 44.0 Å². The van der Waals surface area contributed by atoms with Crippen molar-refractivity contribution in [2.45, 2.75) is 12.2 Å². The van der Waals surface area contributed by atoms with Gasteiger partial charge in [-0.3, -0.25) is 0 Å². The van der Waals surface area contributed by atoms with E-state index in [9.17, 15) is 0 Å². The van der Waals surface area contributed by atoms with E-state index in [4.69, 9.17) is 9.47 Å². The second-order valence-corrected chi connectivity index (χ2v) is 6.28. The molecule has 0 N–H and O–H groups in total. The predicted molar refractivity (Wildman–Crippen MR) is 75.2 cm³/mol. The standard InChI is InChI=1S/C14H8Br2O2/c15-7-1-3-11-9(5-7)13-10-6-8(16)2-4-12(10)18-14(13)17-11/h1-6,13-14H. The summed E-state index contributed by atoms with van der Waals surface area (Å²) in [6.45, 7) is 0. The van der Waals surface area contributed by atoms with Gasteiger partial charge in [0.15, 0.2) is 0 Å². The number of rotatable bonds is 0. The highest BCUT2D eigenvalue weighted by Gasteiger charge is 2.43. The number of halogens is 2. The molecule has 0 saturated heterocycles. The summed E-state index contributed by atoms with van der Waals surface area (Å²) in [5.74, 6) is 2.00. The summed E-state index contributed by atoms with van der Waals surface area (Å²) in [5.41, 5.74) is 2.37. The second kappa shape index (κ2) is 3.75. The van der Waals surface area contributed by atoms with Crippen molar-refractivity contribution in [2.24, 2.45) is 0 Å². The van der Waals surface area contributed by atoms with Gasteiger partial charge in [0, 0.05) is 20.1 Å². The Morgan fingerprint density at radius 1 is 0.778 bits per heavy atom. The van der Waals surface area contributed by atoms with E-state index in [0.29, 0.717) is 0 Å². The van der Waals surface area contributed by atoms with Crippen LogP contribution in [0.1, 0.15) is 17.0 Å². The molecule has 0 unspecified atom stereocenters. The molecule has 18 heavy (non-hydrogen) atoms. The molecule has 0 fully saturated rings. The molecule has 2 aromatic carbocycles. The summed E-state index contributed by atoms with van der Waals surface area (Å²) in [5, 5.41) is 0. The van der Waals surface area contributed by atoms with Crippen molar-refractivity contribution in [1.29, 1.82) is 0 Å². The van der Waals surface area contributed by atoms with Gasteiger partial charge in [-0.15, -0.1) is 0 Å². The van der Waals surface area contributed by atoms with Crippen LogP contribution in [0.2, 0.25) is 0 Å². The molecule has 4 heteroatoms. The Kier molecular flexibility index (Phi) is 2.26. The Morgan fingerprint density at radius 3 is 1.78 bits per heavy atom. The maximum Gasteiger partial charge on any atom is 0.252 e. The summed E-state index contributed by atoms with van der Waals surface area (Å²) < 4.78 is 13.8. The molecule has 2 aromatic rings. The summed E-state index contributed by atoms with van der Waals surface area (Å²) in [6.07, 6.45) is -0.224. The molecule has 4 rings (SSSR count). The number of hydrogen-bond acceptors (Lipinski definition) is 2. The van der Waals surface area contributed by atoms with Crippen molar-refractivity contribution in [3.8, 4) is 11.5 Å². The first-order valence-corrected chi connectivity index (χ1v) is 7.23. The Hall–Kier alpha value is -1.00. The summed E-state index contributed by atoms with van der Waals surface area (Å²) in [6, 6.07) is 12.2. The van der Waals surface area contributed by atoms with Crippen LogP contribution in [0.3, 0.4) is 0 Å². The molecule has 90 valence electrons. The number of hydrogen-bond donors (Lipinski definition) is 0. The van der Waals surface area contributed by atoms with Crippen molar-refractivity contribution < 1.29 is 9.47 Å². The van der Waals surface area contributed by atoms with Crippen LogP contribution in [0.4, 0.5) is 0 Å². The van der Waals surface area contributed by atoms with E-state index in [1.54, 1.807) is 0 Å². The van der Waals surface area contributed by atoms with Crippen molar-refractivity contribution in [1.82, 2.24) is 0 Å². The molecule has 0 saturated carbocycles. The third-order valence-corrected chi connectivity index (χ3v) is 4.36. The van der Waals surface area contributed by atoms with Gasteiger partial charge in [0.05, 0.1) is 5.92 Å². The van der Waals surface area contributed by atoms with E-state index in [1.165, 1.54) is 11.1 Å². The fraction of sp³-hybridized carbons (Fsp3) is 0.143. The average Bonchev–Trinajstić information content (AvgIpc) is 2.85. The normalized spacial score (nSPS) is 22.8. The zero-order valence-corrected chi connectivity index (χ0v) is 12.4. The SMILES string of the molecule is Brc1ccc2c(c1)C1c3cc(Br)ccc3OC1O2. The monoisotopic (exact) mass is 366 g/mol. The molecule has 0 radical (unpaired) electrons. The lowest BCUT2D eigenvalue weighted by molar-refractivity contribution is 0.0330. The van der Waals surface area contributed by atoms with Gasteiger partial charge < -0.3 is 9.47 Å². The highest BCUT2D eigenvalue weighted by Crippen LogP contribution is 2.51. The van der Waals surface area contributed by atoms with Crippen LogP contribution < -0.4 is 9.47 Å². The van der Waals surface area contributed by atoms with Crippen LogP contribution in [0.25, 0.3) is 0 Å². The Balaban J connectivity index is 1.91. The van der Waals surface area contributed by atoms with Crippen LogP contribution in [-0.4, -0.2) is 6.29 Å². The maximum absolute atomic E-state index is 5.85. The lowest BCUT2D eigenvalue weighted by Crippen LogP contribution is -2.19. The minimum absolute atomic E-state index is 0.171. The van der Waals surface area contributed by atoms with Crippen molar-refractivity contribution >= 4 is 31.9 Å². The van der Waals surface area contributed by atoms with Crippen LogP contribution in [0.15, 0.2) is 45.3 Å². The zero-order valence-electron chi connectivity index (χ0n) is 9.19. The third-order valence-electron chi connectivity index (χ3n) is 3.37. The Labute approximate surface area is 121 Å². The van der Waals surface area contributed by atoms with E-state index in [0.717, 1.165) is 20.4 Å². The molecule has 0 spiro atoms. The van der Waals surface area contributed by atoms with E-state index in [-0.39, 0.29) is 12.2 Å². The molecule has 0 aromatic heterocycles. The minimum atomic E-state index is -0.224. The zero-order chi connectivity index (χ0) is 12.3. The van der Waals surface area contributed by atoms with Gasteiger partial charge in [-0.2, -0.15) is 0 Å². The molecule has 2 nitrogen and oxygen atoms in total. The molecule has 0 bridgehead atoms. The Morgan fingerprint density at radius 2 is 1.28 bits per heavy atom. The molecule has 2 aliphatic rings. The van der Waals surface area contributed by atoms with E-state index in [1.807, 2.05) is 24.3 Å². The lowest BCUT2D eigenvalue weighted by atomic mass is 9.93. The number of fused-ring (bicyclic) bond motifs is 5. The van der Waals surface area contributed by atoms with Crippen molar-refractivity contribution in [3.05, 3.63) is 56.5 Å². The topological polar surface area (TPSA) is 18.5 Å². The summed E-state index contributed by atoms with van der Waals surface area (Å²) in [4.78, 5) is 0. The fourth-order valence-corrected chi connectivity index (χ4v) is 3.37. The number of benzene rings is 2. The first kappa shape index (κ1) is 10.9. The van der Waals surface area contributed by atoms with Gasteiger partial charge >= 0.3 is 0 Å². The second-order valence-electron chi connectivity index (χ2n) is 4.45. The molecular weight excluding hydrogens is 360 g/mol. The number of ether oxygens (including phenoxy) is 2. The molecule has 2 aliphatic heterocycles. The third kappa shape index (κ3) is 1.45. The highest BCUT2D eigenvalue weighted by atomic mass is 79.9. The Bertz CT molecular complexity index is 599. The smallest absolute Gasteiger partial charge is 0.252 e. The van der Waals surface area contributed by atoms with Crippen LogP contribution >= 0.6 is 31.9 Å².